The van der Waals surface area contributed by atoms with Crippen molar-refractivity contribution < 1.29 is 12.2 Å². The van der Waals surface area contributed by atoms with Crippen molar-refractivity contribution in [3.8, 4) is 6.07 Å². The molecule has 1 aliphatic rings. The number of hydrogen-bond donors (Lipinski definition) is 0. The summed E-state index contributed by atoms with van der Waals surface area (Å²) in [4.78, 5) is 0. The molecule has 0 aliphatic carbocycles. The SMILES string of the molecule is [2H]C([2H])(C#N)CCOC1CCCCO1. The summed E-state index contributed by atoms with van der Waals surface area (Å²) in [7, 11) is 0. The summed E-state index contributed by atoms with van der Waals surface area (Å²) in [6.45, 7) is 0.959. The van der Waals surface area contributed by atoms with Crippen LogP contribution in [-0.2, 0) is 9.47 Å². The van der Waals surface area contributed by atoms with Crippen LogP contribution in [0.5, 0.6) is 0 Å². The highest BCUT2D eigenvalue weighted by atomic mass is 16.7. The van der Waals surface area contributed by atoms with Gasteiger partial charge in [0.15, 0.2) is 6.29 Å². The van der Waals surface area contributed by atoms with Gasteiger partial charge in [0.1, 0.15) is 0 Å². The van der Waals surface area contributed by atoms with Gasteiger partial charge in [0.25, 0.3) is 0 Å². The second-order valence-electron chi connectivity index (χ2n) is 2.71. The van der Waals surface area contributed by atoms with E-state index in [1.807, 2.05) is 0 Å². The van der Waals surface area contributed by atoms with Gasteiger partial charge < -0.3 is 9.47 Å². The molecule has 1 fully saturated rings. The van der Waals surface area contributed by atoms with Crippen molar-refractivity contribution in [1.29, 1.82) is 5.26 Å². The molecule has 68 valence electrons. The van der Waals surface area contributed by atoms with E-state index in [0.717, 1.165) is 25.9 Å². The Morgan fingerprint density at radius 1 is 1.67 bits per heavy atom. The lowest BCUT2D eigenvalue weighted by molar-refractivity contribution is -0.162. The van der Waals surface area contributed by atoms with Crippen LogP contribution in [0.15, 0.2) is 0 Å². The zero-order chi connectivity index (χ0) is 10.4. The molecule has 1 saturated heterocycles. The monoisotopic (exact) mass is 171 g/mol. The minimum absolute atomic E-state index is 0.101. The Morgan fingerprint density at radius 2 is 2.58 bits per heavy atom. The van der Waals surface area contributed by atoms with Gasteiger partial charge in [0.2, 0.25) is 0 Å². The van der Waals surface area contributed by atoms with E-state index in [1.54, 1.807) is 6.07 Å². The van der Waals surface area contributed by atoms with Crippen molar-refractivity contribution in [2.75, 3.05) is 13.2 Å². The summed E-state index contributed by atoms with van der Waals surface area (Å²) >= 11 is 0. The molecule has 3 heteroatoms. The number of nitriles is 1. The van der Waals surface area contributed by atoms with Crippen LogP contribution in [-0.4, -0.2) is 19.5 Å². The second kappa shape index (κ2) is 5.99. The van der Waals surface area contributed by atoms with E-state index >= 15 is 0 Å². The van der Waals surface area contributed by atoms with Crippen LogP contribution < -0.4 is 0 Å². The van der Waals surface area contributed by atoms with Gasteiger partial charge in [-0.2, -0.15) is 5.26 Å². The van der Waals surface area contributed by atoms with Crippen molar-refractivity contribution in [2.45, 2.75) is 38.3 Å². The first-order valence-electron chi connectivity index (χ1n) is 5.28. The Hall–Kier alpha value is -0.590. The third kappa shape index (κ3) is 3.70. The van der Waals surface area contributed by atoms with Gasteiger partial charge in [-0.25, -0.2) is 0 Å². The molecule has 0 aromatic carbocycles. The van der Waals surface area contributed by atoms with Gasteiger partial charge in [-0.1, -0.05) is 0 Å². The maximum atomic E-state index is 8.42. The maximum absolute atomic E-state index is 8.42. The van der Waals surface area contributed by atoms with Gasteiger partial charge in [-0.3, -0.25) is 0 Å². The van der Waals surface area contributed by atoms with Crippen LogP contribution >= 0.6 is 0 Å². The Bertz CT molecular complexity index is 209. The normalized spacial score (nSPS) is 27.1. The molecule has 0 saturated carbocycles. The number of ether oxygens (including phenoxy) is 2. The van der Waals surface area contributed by atoms with E-state index < -0.39 is 6.37 Å². The van der Waals surface area contributed by atoms with E-state index in [1.165, 1.54) is 0 Å². The Labute approximate surface area is 76.1 Å². The molecule has 0 bridgehead atoms. The molecule has 3 nitrogen and oxygen atoms in total. The minimum Gasteiger partial charge on any atom is -0.353 e. The quantitative estimate of drug-likeness (QED) is 0.648. The van der Waals surface area contributed by atoms with Crippen molar-refractivity contribution in [3.05, 3.63) is 0 Å². The van der Waals surface area contributed by atoms with Crippen LogP contribution in [0, 0.1) is 11.3 Å². The minimum atomic E-state index is -1.78. The lowest BCUT2D eigenvalue weighted by atomic mass is 10.2. The molecule has 1 rings (SSSR count). The van der Waals surface area contributed by atoms with Crippen LogP contribution in [0.25, 0.3) is 0 Å². The van der Waals surface area contributed by atoms with Crippen molar-refractivity contribution >= 4 is 0 Å². The summed E-state index contributed by atoms with van der Waals surface area (Å²) in [5, 5.41) is 8.42. The summed E-state index contributed by atoms with van der Waals surface area (Å²) in [6.07, 6.45) is 1.15. The number of rotatable bonds is 4. The lowest BCUT2D eigenvalue weighted by Gasteiger charge is -2.22. The largest absolute Gasteiger partial charge is 0.353 e. The van der Waals surface area contributed by atoms with Crippen LogP contribution in [0.1, 0.15) is 34.8 Å². The highest BCUT2D eigenvalue weighted by molar-refractivity contribution is 4.67. The maximum Gasteiger partial charge on any atom is 0.157 e. The fourth-order valence-electron chi connectivity index (χ4n) is 1.14. The molecule has 0 radical (unpaired) electrons. The first kappa shape index (κ1) is 6.88. The molecule has 12 heavy (non-hydrogen) atoms. The van der Waals surface area contributed by atoms with Gasteiger partial charge in [-0.15, -0.1) is 0 Å². The van der Waals surface area contributed by atoms with E-state index in [4.69, 9.17) is 17.5 Å². The molecule has 0 N–H and O–H groups in total. The molecule has 0 aromatic rings. The summed E-state index contributed by atoms with van der Waals surface area (Å²) in [5.74, 6) is 0. The fraction of sp³-hybridized carbons (Fsp3) is 0.889. The molecule has 1 unspecified atom stereocenters. The van der Waals surface area contributed by atoms with Gasteiger partial charge in [0, 0.05) is 15.7 Å². The molecule has 1 aliphatic heterocycles. The average Bonchev–Trinajstić information content (AvgIpc) is 2.19. The third-order valence-electron chi connectivity index (χ3n) is 1.75. The molecule has 0 aromatic heterocycles. The first-order chi connectivity index (χ1) is 6.64. The van der Waals surface area contributed by atoms with Crippen LogP contribution in [0.2, 0.25) is 0 Å². The average molecular weight is 171 g/mol. The van der Waals surface area contributed by atoms with Crippen molar-refractivity contribution in [2.24, 2.45) is 0 Å². The van der Waals surface area contributed by atoms with Crippen LogP contribution in [0.3, 0.4) is 0 Å². The van der Waals surface area contributed by atoms with E-state index in [9.17, 15) is 0 Å². The third-order valence-corrected chi connectivity index (χ3v) is 1.75. The number of nitrogens with zero attached hydrogens (tertiary/aromatic N) is 1. The lowest BCUT2D eigenvalue weighted by Crippen LogP contribution is -2.22. The highest BCUT2D eigenvalue weighted by Crippen LogP contribution is 2.13. The Kier molecular flexibility index (Phi) is 3.43. The van der Waals surface area contributed by atoms with Gasteiger partial charge in [-0.05, 0) is 25.7 Å². The van der Waals surface area contributed by atoms with Crippen LogP contribution in [0.4, 0.5) is 0 Å². The number of hydrogen-bond acceptors (Lipinski definition) is 3. The molecule has 0 spiro atoms. The van der Waals surface area contributed by atoms with E-state index in [0.29, 0.717) is 0 Å². The topological polar surface area (TPSA) is 42.2 Å². The van der Waals surface area contributed by atoms with Crippen molar-refractivity contribution in [3.63, 3.8) is 0 Å². The molecule has 0 amide bonds. The van der Waals surface area contributed by atoms with Gasteiger partial charge in [0.05, 0.1) is 12.7 Å². The molecule has 1 atom stereocenters. The molecule has 1 heterocycles. The zero-order valence-electron chi connectivity index (χ0n) is 9.08. The van der Waals surface area contributed by atoms with E-state index in [-0.39, 0.29) is 19.3 Å². The Morgan fingerprint density at radius 3 is 3.25 bits per heavy atom. The summed E-state index contributed by atoms with van der Waals surface area (Å²) < 4.78 is 25.0. The molecular weight excluding hydrogens is 154 g/mol. The standard InChI is InChI=1S/C9H15NO2/c10-6-2-4-8-12-9-5-1-3-7-11-9/h9H,1-5,7-8H2/i2D2. The highest BCUT2D eigenvalue weighted by Gasteiger charge is 2.12. The smallest absolute Gasteiger partial charge is 0.157 e. The first-order valence-corrected chi connectivity index (χ1v) is 4.28. The predicted octanol–water partition coefficient (Wildman–Crippen LogP) is 1.83. The van der Waals surface area contributed by atoms with Gasteiger partial charge >= 0.3 is 0 Å². The second-order valence-corrected chi connectivity index (χ2v) is 2.71. The van der Waals surface area contributed by atoms with E-state index in [2.05, 4.69) is 0 Å². The summed E-state index contributed by atoms with van der Waals surface area (Å²) in [6, 6.07) is 1.59. The molecular formula is C9H15NO2. The Balaban J connectivity index is 2.12. The van der Waals surface area contributed by atoms with Crippen molar-refractivity contribution in [1.82, 2.24) is 0 Å². The zero-order valence-corrected chi connectivity index (χ0v) is 7.08. The summed E-state index contributed by atoms with van der Waals surface area (Å²) in [5.41, 5.74) is 0. The fourth-order valence-corrected chi connectivity index (χ4v) is 1.14. The predicted molar refractivity (Wildman–Crippen MR) is 44.4 cm³/mol.